The van der Waals surface area contributed by atoms with E-state index in [9.17, 15) is 0 Å². The summed E-state index contributed by atoms with van der Waals surface area (Å²) in [5, 5.41) is 0. The molecule has 0 fully saturated rings. The summed E-state index contributed by atoms with van der Waals surface area (Å²) in [6.45, 7) is 2.19. The van der Waals surface area contributed by atoms with Crippen molar-refractivity contribution in [3.05, 3.63) is 35.9 Å². The van der Waals surface area contributed by atoms with Crippen LogP contribution in [-0.2, 0) is 6.42 Å². The number of rotatable bonds is 2. The van der Waals surface area contributed by atoms with Gasteiger partial charge in [0.1, 0.15) is 0 Å². The third-order valence-electron chi connectivity index (χ3n) is 1.33. The van der Waals surface area contributed by atoms with E-state index < -0.39 is 0 Å². The van der Waals surface area contributed by atoms with E-state index in [4.69, 9.17) is 0 Å². The van der Waals surface area contributed by atoms with Gasteiger partial charge in [0.25, 0.3) is 0 Å². The fraction of sp³-hybridized carbons (Fsp3) is 0.333. The molecule has 56 valence electrons. The van der Waals surface area contributed by atoms with Crippen molar-refractivity contribution in [3.8, 4) is 0 Å². The molecule has 0 atom stereocenters. The first-order valence-electron chi connectivity index (χ1n) is 3.38. The second-order valence-electron chi connectivity index (χ2n) is 2.16. The predicted molar refractivity (Wildman–Crippen MR) is 45.0 cm³/mol. The topological polar surface area (TPSA) is 0 Å². The first kappa shape index (κ1) is 14.0. The van der Waals surface area contributed by atoms with Crippen molar-refractivity contribution in [3.63, 3.8) is 0 Å². The molecule has 0 aliphatic heterocycles. The molecule has 1 aromatic rings. The number of aryl methyl sites for hydroxylation is 1. The fourth-order valence-corrected chi connectivity index (χ4v) is 0.877. The Bertz CT molecular complexity index is 162. The Hall–Kier alpha value is 0.466. The molecule has 0 unspecified atom stereocenters. The predicted octanol–water partition coefficient (Wildman–Crippen LogP) is -0.938. The molecule has 2 heteroatoms. The summed E-state index contributed by atoms with van der Waals surface area (Å²) in [6, 6.07) is 11.1. The normalized spacial score (nSPS) is 7.73. The molecule has 0 aliphatic rings. The zero-order valence-corrected chi connectivity index (χ0v) is 9.81. The molecule has 0 bridgehead atoms. The summed E-state index contributed by atoms with van der Waals surface area (Å²) in [6.07, 6.45) is 2.42. The fourth-order valence-electron chi connectivity index (χ4n) is 0.877. The van der Waals surface area contributed by atoms with Crippen LogP contribution >= 0.6 is 0 Å². The molecule has 0 saturated carbocycles. The summed E-state index contributed by atoms with van der Waals surface area (Å²) in [5.74, 6) is 0. The maximum Gasteiger partial charge on any atom is 2.00 e. The summed E-state index contributed by atoms with van der Waals surface area (Å²) >= 11 is 0. The number of hydrogen-bond donors (Lipinski definition) is 0. The summed E-state index contributed by atoms with van der Waals surface area (Å²) in [5.41, 5.74) is 1.41. The monoisotopic (exact) mass is 222 g/mol. The molecule has 0 amide bonds. The number of halogens is 1. The van der Waals surface area contributed by atoms with Crippen molar-refractivity contribution < 1.29 is 17.0 Å². The second kappa shape index (κ2) is 8.56. The summed E-state index contributed by atoms with van der Waals surface area (Å²) in [7, 11) is 0. The third-order valence-corrected chi connectivity index (χ3v) is 1.33. The van der Waals surface area contributed by atoms with Gasteiger partial charge in [-0.25, -0.2) is 0 Å². The minimum Gasteiger partial charge on any atom is -1.00 e. The van der Waals surface area contributed by atoms with E-state index in [2.05, 4.69) is 25.1 Å². The van der Waals surface area contributed by atoms with E-state index in [0.29, 0.717) is 0 Å². The quantitative estimate of drug-likeness (QED) is 0.449. The van der Waals surface area contributed by atoms with Crippen molar-refractivity contribution in [1.82, 2.24) is 0 Å². The van der Waals surface area contributed by atoms with Gasteiger partial charge in [-0.1, -0.05) is 19.8 Å². The van der Waals surface area contributed by atoms with Gasteiger partial charge in [-0.3, -0.25) is 0 Å². The van der Waals surface area contributed by atoms with Gasteiger partial charge in [-0.2, -0.15) is 35.9 Å². The Morgan fingerprint density at radius 1 is 1.27 bits per heavy atom. The Morgan fingerprint density at radius 3 is 2.27 bits per heavy atom. The molecule has 1 rings (SSSR count). The molecule has 0 aliphatic carbocycles. The van der Waals surface area contributed by atoms with Gasteiger partial charge in [0.2, 0.25) is 0 Å². The van der Waals surface area contributed by atoms with Crippen LogP contribution in [0.3, 0.4) is 0 Å². The van der Waals surface area contributed by atoms with Crippen LogP contribution < -0.4 is 17.0 Å². The molecule has 0 aromatic heterocycles. The van der Waals surface area contributed by atoms with E-state index in [1.165, 1.54) is 18.4 Å². The Kier molecular flexibility index (Phi) is 10.9. The molecule has 0 radical (unpaired) electrons. The first-order chi connectivity index (χ1) is 4.43. The molecule has 11 heavy (non-hydrogen) atoms. The van der Waals surface area contributed by atoms with Gasteiger partial charge in [0, 0.05) is 0 Å². The molecule has 0 N–H and O–H groups in total. The maximum absolute atomic E-state index is 2.99. The average Bonchev–Trinajstić information content (AvgIpc) is 1.91. The Balaban J connectivity index is 0. The van der Waals surface area contributed by atoms with Gasteiger partial charge in [0.05, 0.1) is 0 Å². The van der Waals surface area contributed by atoms with Crippen molar-refractivity contribution in [1.29, 1.82) is 0 Å². The van der Waals surface area contributed by atoms with E-state index in [1.807, 2.05) is 12.1 Å². The number of benzene rings is 1. The van der Waals surface area contributed by atoms with E-state index in [-0.39, 0.29) is 40.0 Å². The molecule has 0 saturated heterocycles. The van der Waals surface area contributed by atoms with E-state index in [0.717, 1.165) is 0 Å². The second-order valence-corrected chi connectivity index (χ2v) is 2.16. The molecule has 1 aromatic carbocycles. The molecular weight excluding hydrogens is 212 g/mol. The molecular formula is C9H11BrMg. The molecule has 0 spiro atoms. The molecule has 0 nitrogen and oxygen atoms in total. The smallest absolute Gasteiger partial charge is 1.00 e. The van der Waals surface area contributed by atoms with Crippen LogP contribution in [0.15, 0.2) is 24.3 Å². The van der Waals surface area contributed by atoms with E-state index in [1.54, 1.807) is 0 Å². The van der Waals surface area contributed by atoms with Crippen LogP contribution in [0.4, 0.5) is 0 Å². The average molecular weight is 223 g/mol. The van der Waals surface area contributed by atoms with Crippen LogP contribution in [0.1, 0.15) is 18.9 Å². The zero-order chi connectivity index (χ0) is 6.53. The van der Waals surface area contributed by atoms with Crippen molar-refractivity contribution in [2.45, 2.75) is 19.8 Å². The van der Waals surface area contributed by atoms with Gasteiger partial charge in [0.15, 0.2) is 0 Å². The van der Waals surface area contributed by atoms with Crippen LogP contribution in [-0.4, -0.2) is 23.1 Å². The van der Waals surface area contributed by atoms with Crippen molar-refractivity contribution in [2.75, 3.05) is 0 Å². The van der Waals surface area contributed by atoms with Crippen molar-refractivity contribution in [2.24, 2.45) is 0 Å². The van der Waals surface area contributed by atoms with Gasteiger partial charge in [-0.15, -0.1) is 0 Å². The standard InChI is InChI=1S/C9H11.BrH.Mg/c1-2-6-9-7-4-3-5-8-9;;/h4-5,7-8H,2,6H2,1H3;1H;/q-1;;+2/p-1. The zero-order valence-electron chi connectivity index (χ0n) is 6.81. The van der Waals surface area contributed by atoms with Gasteiger partial charge in [-0.05, 0) is 0 Å². The molecule has 0 heterocycles. The van der Waals surface area contributed by atoms with Crippen LogP contribution in [0.5, 0.6) is 0 Å². The Morgan fingerprint density at radius 2 is 1.82 bits per heavy atom. The minimum absolute atomic E-state index is 0. The first-order valence-corrected chi connectivity index (χ1v) is 3.38. The Labute approximate surface area is 95.3 Å². The van der Waals surface area contributed by atoms with Gasteiger partial charge >= 0.3 is 23.1 Å². The van der Waals surface area contributed by atoms with E-state index >= 15 is 0 Å². The number of hydrogen-bond acceptors (Lipinski definition) is 0. The van der Waals surface area contributed by atoms with Crippen LogP contribution in [0.2, 0.25) is 0 Å². The third kappa shape index (κ3) is 5.71. The SMILES string of the molecule is CCCc1cc[c-]cc1.[Br-].[Mg+2]. The van der Waals surface area contributed by atoms with Crippen molar-refractivity contribution >= 4 is 23.1 Å². The van der Waals surface area contributed by atoms with Crippen LogP contribution in [0, 0.1) is 6.07 Å². The summed E-state index contributed by atoms with van der Waals surface area (Å²) < 4.78 is 0. The van der Waals surface area contributed by atoms with Crippen LogP contribution in [0.25, 0.3) is 0 Å². The summed E-state index contributed by atoms with van der Waals surface area (Å²) in [4.78, 5) is 0. The van der Waals surface area contributed by atoms with Gasteiger partial charge < -0.3 is 17.0 Å². The minimum atomic E-state index is 0. The maximum atomic E-state index is 2.99. The largest absolute Gasteiger partial charge is 2.00 e.